The Balaban J connectivity index is 0.000000702. The molecular formula is C16H34B2F8N2O2. The largest absolute Gasteiger partial charge is 0.673 e. The highest BCUT2D eigenvalue weighted by Crippen LogP contribution is 2.23. The van der Waals surface area contributed by atoms with Gasteiger partial charge in [-0.2, -0.15) is 0 Å². The summed E-state index contributed by atoms with van der Waals surface area (Å²) < 4.78 is 80.0. The fraction of sp³-hybridized carbons (Fsp3) is 1.00. The van der Waals surface area contributed by atoms with E-state index in [1.807, 2.05) is 0 Å². The molecule has 2 N–H and O–H groups in total. The zero-order chi connectivity index (χ0) is 23.6. The Labute approximate surface area is 173 Å². The second kappa shape index (κ2) is 12.4. The van der Waals surface area contributed by atoms with E-state index >= 15 is 0 Å². The number of hydrogen-bond donors (Lipinski definition) is 2. The fourth-order valence-corrected chi connectivity index (χ4v) is 4.31. The van der Waals surface area contributed by atoms with Crippen LogP contribution >= 0.6 is 0 Å². The first kappa shape index (κ1) is 29.4. The van der Waals surface area contributed by atoms with Gasteiger partial charge in [0.25, 0.3) is 0 Å². The second-order valence-electron chi connectivity index (χ2n) is 8.11. The lowest BCUT2D eigenvalue weighted by molar-refractivity contribution is -0.925. The lowest BCUT2D eigenvalue weighted by atomic mass is 10.1. The Morgan fingerprint density at radius 1 is 0.600 bits per heavy atom. The standard InChI is InChI=1S/C16H34N2O2.2BF4/c1-3-17(9-5-6-10-17)13-15(19)16(20)14-18(4-2)11-7-8-12-18;2*2-1(3,4)5/h15-16,19-20H,3-14H2,1-2H3;;/q+2;2*-1. The van der Waals surface area contributed by atoms with Gasteiger partial charge in [0.15, 0.2) is 0 Å². The molecule has 14 heteroatoms. The third-order valence-corrected chi connectivity index (χ3v) is 5.96. The van der Waals surface area contributed by atoms with Crippen molar-refractivity contribution in [2.75, 3.05) is 52.4 Å². The van der Waals surface area contributed by atoms with E-state index < -0.39 is 26.7 Å². The molecule has 2 atom stereocenters. The van der Waals surface area contributed by atoms with Crippen molar-refractivity contribution in [2.24, 2.45) is 0 Å². The maximum atomic E-state index is 10.5. The number of likely N-dealkylation sites (N-methyl/N-ethyl adjacent to an activating group) is 2. The summed E-state index contributed by atoms with van der Waals surface area (Å²) in [6, 6.07) is 0. The normalized spacial score (nSPS) is 22.4. The Bertz CT molecular complexity index is 417. The van der Waals surface area contributed by atoms with E-state index in [1.165, 1.54) is 51.9 Å². The maximum Gasteiger partial charge on any atom is 0.673 e. The topological polar surface area (TPSA) is 40.5 Å². The van der Waals surface area contributed by atoms with Gasteiger partial charge in [0, 0.05) is 25.7 Å². The van der Waals surface area contributed by atoms with Crippen LogP contribution in [-0.2, 0) is 0 Å². The Hall–Kier alpha value is -0.590. The van der Waals surface area contributed by atoms with Crippen LogP contribution in [0.3, 0.4) is 0 Å². The summed E-state index contributed by atoms with van der Waals surface area (Å²) in [5.41, 5.74) is 0. The molecule has 0 amide bonds. The summed E-state index contributed by atoms with van der Waals surface area (Å²) in [7, 11) is -12.0. The monoisotopic (exact) mass is 460 g/mol. The molecule has 182 valence electrons. The van der Waals surface area contributed by atoms with Gasteiger partial charge in [-0.3, -0.25) is 0 Å². The first-order valence-corrected chi connectivity index (χ1v) is 10.4. The van der Waals surface area contributed by atoms with Crippen LogP contribution < -0.4 is 0 Å². The molecule has 2 heterocycles. The van der Waals surface area contributed by atoms with Crippen LogP contribution in [0.2, 0.25) is 0 Å². The van der Waals surface area contributed by atoms with Crippen molar-refractivity contribution in [1.82, 2.24) is 0 Å². The van der Waals surface area contributed by atoms with Crippen LogP contribution in [0.15, 0.2) is 0 Å². The van der Waals surface area contributed by atoms with Crippen LogP contribution in [0.4, 0.5) is 34.5 Å². The molecule has 30 heavy (non-hydrogen) atoms. The molecule has 0 aliphatic carbocycles. The zero-order valence-electron chi connectivity index (χ0n) is 17.6. The van der Waals surface area contributed by atoms with E-state index in [9.17, 15) is 44.7 Å². The van der Waals surface area contributed by atoms with Gasteiger partial charge >= 0.3 is 14.5 Å². The molecule has 2 rings (SSSR count). The quantitative estimate of drug-likeness (QED) is 0.347. The minimum atomic E-state index is -6.00. The molecule has 4 nitrogen and oxygen atoms in total. The van der Waals surface area contributed by atoms with Crippen molar-refractivity contribution in [2.45, 2.75) is 51.7 Å². The van der Waals surface area contributed by atoms with Crippen LogP contribution in [-0.4, -0.2) is 98.3 Å². The summed E-state index contributed by atoms with van der Waals surface area (Å²) in [6.07, 6.45) is 3.96. The van der Waals surface area contributed by atoms with Crippen LogP contribution in [0.5, 0.6) is 0 Å². The lowest BCUT2D eigenvalue weighted by Gasteiger charge is -2.39. The second-order valence-corrected chi connectivity index (χ2v) is 8.11. The van der Waals surface area contributed by atoms with Crippen LogP contribution in [0.25, 0.3) is 0 Å². The summed E-state index contributed by atoms with van der Waals surface area (Å²) >= 11 is 0. The number of aliphatic hydroxyl groups is 2. The SMILES string of the molecule is CC[N+]1(CC(O)C(O)C[N+]2(CC)CCCC2)CCCC1.F[B-](F)(F)F.F[B-](F)(F)F. The molecule has 0 spiro atoms. The van der Waals surface area contributed by atoms with Crippen molar-refractivity contribution in [3.63, 3.8) is 0 Å². The predicted molar refractivity (Wildman–Crippen MR) is 102 cm³/mol. The highest BCUT2D eigenvalue weighted by molar-refractivity contribution is 6.50. The van der Waals surface area contributed by atoms with Gasteiger partial charge in [-0.1, -0.05) is 0 Å². The Morgan fingerprint density at radius 3 is 0.967 bits per heavy atom. The molecule has 0 aromatic heterocycles. The molecule has 0 radical (unpaired) electrons. The lowest BCUT2D eigenvalue weighted by Crippen LogP contribution is -2.57. The van der Waals surface area contributed by atoms with Crippen molar-refractivity contribution in [3.8, 4) is 0 Å². The highest BCUT2D eigenvalue weighted by atomic mass is 19.5. The molecule has 0 saturated carbocycles. The van der Waals surface area contributed by atoms with Gasteiger partial charge in [-0.05, 0) is 13.8 Å². The van der Waals surface area contributed by atoms with E-state index in [4.69, 9.17) is 0 Å². The van der Waals surface area contributed by atoms with Gasteiger partial charge < -0.3 is 53.7 Å². The molecule has 2 unspecified atom stereocenters. The minimum absolute atomic E-state index is 0.560. The average molecular weight is 460 g/mol. The molecule has 2 aliphatic heterocycles. The maximum absolute atomic E-state index is 10.5. The van der Waals surface area contributed by atoms with Crippen molar-refractivity contribution in [3.05, 3.63) is 0 Å². The molecule has 2 fully saturated rings. The van der Waals surface area contributed by atoms with Crippen LogP contribution in [0.1, 0.15) is 39.5 Å². The van der Waals surface area contributed by atoms with Gasteiger partial charge in [0.05, 0.1) is 39.3 Å². The Kier molecular flexibility index (Phi) is 12.2. The molecule has 2 aliphatic rings. The van der Waals surface area contributed by atoms with E-state index in [-0.39, 0.29) is 0 Å². The summed E-state index contributed by atoms with van der Waals surface area (Å²) in [4.78, 5) is 0. The zero-order valence-corrected chi connectivity index (χ0v) is 17.6. The number of nitrogens with zero attached hydrogens (tertiary/aromatic N) is 2. The van der Waals surface area contributed by atoms with Crippen molar-refractivity contribution < 1.29 is 53.7 Å². The van der Waals surface area contributed by atoms with Gasteiger partial charge in [-0.25, -0.2) is 0 Å². The summed E-state index contributed by atoms with van der Waals surface area (Å²) in [5, 5.41) is 20.9. The van der Waals surface area contributed by atoms with E-state index in [1.54, 1.807) is 0 Å². The number of quaternary nitrogens is 2. The average Bonchev–Trinajstić information content (AvgIpc) is 3.22. The number of halogens is 8. The highest BCUT2D eigenvalue weighted by Gasteiger charge is 2.39. The van der Waals surface area contributed by atoms with E-state index in [2.05, 4.69) is 13.8 Å². The first-order valence-electron chi connectivity index (χ1n) is 10.4. The van der Waals surface area contributed by atoms with Gasteiger partial charge in [0.1, 0.15) is 25.3 Å². The molecule has 0 bridgehead atoms. The molecule has 0 aromatic rings. The van der Waals surface area contributed by atoms with Gasteiger partial charge in [-0.15, -0.1) is 0 Å². The molecular weight excluding hydrogens is 426 g/mol. The molecule has 0 aromatic carbocycles. The van der Waals surface area contributed by atoms with E-state index in [0.29, 0.717) is 0 Å². The number of aliphatic hydroxyl groups excluding tert-OH is 2. The minimum Gasteiger partial charge on any atom is -0.418 e. The van der Waals surface area contributed by atoms with Gasteiger partial charge in [0.2, 0.25) is 0 Å². The van der Waals surface area contributed by atoms with E-state index in [0.717, 1.165) is 35.1 Å². The third kappa shape index (κ3) is 13.7. The van der Waals surface area contributed by atoms with Crippen molar-refractivity contribution >= 4 is 14.5 Å². The predicted octanol–water partition coefficient (Wildman–Crippen LogP) is 3.57. The Morgan fingerprint density at radius 2 is 0.800 bits per heavy atom. The fourth-order valence-electron chi connectivity index (χ4n) is 4.31. The number of hydrogen-bond acceptors (Lipinski definition) is 2. The summed E-state index contributed by atoms with van der Waals surface area (Å²) in [6.45, 7) is 12.8. The first-order chi connectivity index (χ1) is 13.5. The van der Waals surface area contributed by atoms with Crippen LogP contribution in [0, 0.1) is 0 Å². The molecule has 2 saturated heterocycles. The third-order valence-electron chi connectivity index (χ3n) is 5.96. The summed E-state index contributed by atoms with van der Waals surface area (Å²) in [5.74, 6) is 0. The van der Waals surface area contributed by atoms with Crippen molar-refractivity contribution in [1.29, 1.82) is 0 Å². The number of rotatable bonds is 7. The number of likely N-dealkylation sites (tertiary alicyclic amines) is 2. The smallest absolute Gasteiger partial charge is 0.418 e.